The van der Waals surface area contributed by atoms with E-state index in [0.717, 1.165) is 78.8 Å². The van der Waals surface area contributed by atoms with Crippen molar-refractivity contribution >= 4 is 44.3 Å². The van der Waals surface area contributed by atoms with Crippen LogP contribution < -0.4 is 10.6 Å². The summed E-state index contributed by atoms with van der Waals surface area (Å²) in [5.41, 5.74) is 19.0. The van der Waals surface area contributed by atoms with E-state index in [9.17, 15) is 0 Å². The fraction of sp³-hybridized carbons (Fsp3) is 0.0417. The number of hydrogen-bond donors (Lipinski definition) is 2. The lowest BCUT2D eigenvalue weighted by molar-refractivity contribution is 0.973. The fourth-order valence-corrected chi connectivity index (χ4v) is 8.43. The first-order valence-corrected chi connectivity index (χ1v) is 17.9. The SMILES string of the molecule is C1=C2c3cccc(c3)C3C=C(c4ccccc4)c4ccc5c(-c6ccccc6)cc(nc5c4N3)-c3cccc(c3)-c3ccnc4c(c2ccc34)NC1. The predicted molar refractivity (Wildman–Crippen MR) is 215 cm³/mol. The summed E-state index contributed by atoms with van der Waals surface area (Å²) in [6.07, 6.45) is 6.63. The van der Waals surface area contributed by atoms with Gasteiger partial charge in [0.2, 0.25) is 0 Å². The molecule has 0 amide bonds. The molecule has 244 valence electrons. The Kier molecular flexibility index (Phi) is 6.34. The Bertz CT molecular complexity index is 2820. The minimum absolute atomic E-state index is 0.0799. The molecule has 2 N–H and O–H groups in total. The van der Waals surface area contributed by atoms with Crippen molar-refractivity contribution in [1.29, 1.82) is 0 Å². The Morgan fingerprint density at radius 1 is 0.500 bits per heavy atom. The number of benzene rings is 6. The van der Waals surface area contributed by atoms with Crippen molar-refractivity contribution in [3.63, 3.8) is 0 Å². The molecule has 1 atom stereocenters. The molecule has 8 aromatic rings. The number of hydrogen-bond acceptors (Lipinski definition) is 4. The Hall–Kier alpha value is -6.78. The van der Waals surface area contributed by atoms with E-state index in [-0.39, 0.29) is 6.04 Å². The molecule has 4 nitrogen and oxygen atoms in total. The van der Waals surface area contributed by atoms with E-state index < -0.39 is 0 Å². The molecule has 4 heteroatoms. The number of rotatable bonds is 2. The lowest BCUT2D eigenvalue weighted by atomic mass is 9.85. The van der Waals surface area contributed by atoms with Gasteiger partial charge >= 0.3 is 0 Å². The van der Waals surface area contributed by atoms with Crippen LogP contribution in [-0.4, -0.2) is 16.5 Å². The van der Waals surface area contributed by atoms with Crippen molar-refractivity contribution in [1.82, 2.24) is 9.97 Å². The van der Waals surface area contributed by atoms with Crippen LogP contribution in [0.15, 0.2) is 164 Å². The zero-order valence-corrected chi connectivity index (χ0v) is 28.3. The summed E-state index contributed by atoms with van der Waals surface area (Å²) in [6, 6.07) is 52.6. The third-order valence-corrected chi connectivity index (χ3v) is 10.9. The topological polar surface area (TPSA) is 49.8 Å². The summed E-state index contributed by atoms with van der Waals surface area (Å²) in [5.74, 6) is 0. The van der Waals surface area contributed by atoms with Crippen molar-refractivity contribution in [3.05, 3.63) is 192 Å². The molecule has 14 bridgehead atoms. The predicted octanol–water partition coefficient (Wildman–Crippen LogP) is 11.6. The third kappa shape index (κ3) is 4.47. The van der Waals surface area contributed by atoms with Crippen molar-refractivity contribution in [2.45, 2.75) is 6.04 Å². The average Bonchev–Trinajstić information content (AvgIpc) is 3.22. The Labute approximate surface area is 301 Å². The number of fused-ring (bicyclic) bond motifs is 1. The lowest BCUT2D eigenvalue weighted by Gasteiger charge is -2.29. The van der Waals surface area contributed by atoms with E-state index >= 15 is 0 Å². The number of anilines is 2. The van der Waals surface area contributed by atoms with Gasteiger partial charge < -0.3 is 10.6 Å². The highest BCUT2D eigenvalue weighted by Gasteiger charge is 2.27. The van der Waals surface area contributed by atoms with Gasteiger partial charge in [-0.05, 0) is 80.4 Å². The number of pyridine rings is 2. The molecule has 4 aliphatic heterocycles. The Morgan fingerprint density at radius 3 is 2.06 bits per heavy atom. The summed E-state index contributed by atoms with van der Waals surface area (Å²) in [6.45, 7) is 0.738. The molecule has 52 heavy (non-hydrogen) atoms. The van der Waals surface area contributed by atoms with Gasteiger partial charge in [-0.3, -0.25) is 4.98 Å². The van der Waals surface area contributed by atoms with Crippen LogP contribution in [0.3, 0.4) is 0 Å². The van der Waals surface area contributed by atoms with Crippen LogP contribution in [0.5, 0.6) is 0 Å². The van der Waals surface area contributed by atoms with Gasteiger partial charge in [0.1, 0.15) is 0 Å². The largest absolute Gasteiger partial charge is 0.379 e. The molecule has 0 fully saturated rings. The second-order valence-electron chi connectivity index (χ2n) is 13.8. The highest BCUT2D eigenvalue weighted by Crippen LogP contribution is 2.46. The summed E-state index contributed by atoms with van der Waals surface area (Å²) >= 11 is 0. The summed E-state index contributed by atoms with van der Waals surface area (Å²) in [7, 11) is 0. The molecule has 2 aromatic heterocycles. The van der Waals surface area contributed by atoms with E-state index in [1.54, 1.807) is 0 Å². The lowest BCUT2D eigenvalue weighted by Crippen LogP contribution is -2.16. The van der Waals surface area contributed by atoms with E-state index in [4.69, 9.17) is 9.97 Å². The van der Waals surface area contributed by atoms with Gasteiger partial charge in [-0.1, -0.05) is 127 Å². The molecule has 6 heterocycles. The molecule has 6 aromatic carbocycles. The molecule has 12 rings (SSSR count). The molecule has 0 aliphatic carbocycles. The van der Waals surface area contributed by atoms with Gasteiger partial charge in [0, 0.05) is 40.2 Å². The van der Waals surface area contributed by atoms with Gasteiger partial charge in [0.15, 0.2) is 0 Å². The normalized spacial score (nSPS) is 15.2. The van der Waals surface area contributed by atoms with Crippen LogP contribution in [0.2, 0.25) is 0 Å². The highest BCUT2D eigenvalue weighted by atomic mass is 15.0. The minimum Gasteiger partial charge on any atom is -0.379 e. The Morgan fingerprint density at radius 2 is 1.21 bits per heavy atom. The maximum absolute atomic E-state index is 5.55. The first-order valence-electron chi connectivity index (χ1n) is 17.9. The van der Waals surface area contributed by atoms with Crippen LogP contribution in [0.4, 0.5) is 11.4 Å². The second kappa shape index (κ2) is 11.4. The summed E-state index contributed by atoms with van der Waals surface area (Å²) < 4.78 is 0. The molecular weight excluding hydrogens is 633 g/mol. The molecule has 0 saturated heterocycles. The zero-order chi connectivity index (χ0) is 34.2. The van der Waals surface area contributed by atoms with Crippen molar-refractivity contribution in [2.24, 2.45) is 0 Å². The van der Waals surface area contributed by atoms with Gasteiger partial charge in [-0.15, -0.1) is 0 Å². The summed E-state index contributed by atoms with van der Waals surface area (Å²) in [5, 5.41) is 9.95. The molecular formula is C48H32N4. The minimum atomic E-state index is -0.0799. The molecule has 1 unspecified atom stereocenters. The molecule has 0 saturated carbocycles. The van der Waals surface area contributed by atoms with Gasteiger partial charge in [0.25, 0.3) is 0 Å². The fourth-order valence-electron chi connectivity index (χ4n) is 8.43. The number of nitrogens with zero attached hydrogens (tertiary/aromatic N) is 2. The van der Waals surface area contributed by atoms with E-state index in [1.165, 1.54) is 33.4 Å². The van der Waals surface area contributed by atoms with Crippen LogP contribution in [0.1, 0.15) is 33.9 Å². The van der Waals surface area contributed by atoms with Gasteiger partial charge in [-0.2, -0.15) is 0 Å². The Balaban J connectivity index is 1.26. The van der Waals surface area contributed by atoms with E-state index in [1.807, 2.05) is 6.20 Å². The molecule has 4 aliphatic rings. The van der Waals surface area contributed by atoms with Crippen molar-refractivity contribution < 1.29 is 0 Å². The first-order chi connectivity index (χ1) is 25.8. The third-order valence-electron chi connectivity index (χ3n) is 10.9. The average molecular weight is 665 g/mol. The summed E-state index contributed by atoms with van der Waals surface area (Å²) in [4.78, 5) is 10.5. The van der Waals surface area contributed by atoms with Gasteiger partial charge in [0.05, 0.1) is 34.1 Å². The smallest absolute Gasteiger partial charge is 0.0953 e. The van der Waals surface area contributed by atoms with Crippen LogP contribution in [0, 0.1) is 0 Å². The van der Waals surface area contributed by atoms with E-state index in [0.29, 0.717) is 0 Å². The van der Waals surface area contributed by atoms with Crippen LogP contribution >= 0.6 is 0 Å². The maximum atomic E-state index is 5.55. The first kappa shape index (κ1) is 29.0. The van der Waals surface area contributed by atoms with Crippen molar-refractivity contribution in [2.75, 3.05) is 17.2 Å². The second-order valence-corrected chi connectivity index (χ2v) is 13.8. The molecule has 0 spiro atoms. The van der Waals surface area contributed by atoms with Crippen LogP contribution in [0.25, 0.3) is 66.5 Å². The monoisotopic (exact) mass is 664 g/mol. The van der Waals surface area contributed by atoms with Crippen molar-refractivity contribution in [3.8, 4) is 33.5 Å². The standard InChI is InChI=1S/C48H32N4/c1-3-9-29(10-4-1)41-27-43-33-15-7-13-31(25-33)35-21-23-49-45-37(35)17-18-38-36(22-24-50-46(38)45)32-14-8-16-34(26-32)44-28-42(30-11-5-2-6-12-30)40-20-19-39(41)47(51-43)48(40)52-44/h1-23,25-28,44,50,52H,24H2. The number of nitrogens with one attached hydrogen (secondary N) is 2. The van der Waals surface area contributed by atoms with Crippen LogP contribution in [-0.2, 0) is 0 Å². The molecule has 0 radical (unpaired) electrons. The van der Waals surface area contributed by atoms with Gasteiger partial charge in [-0.25, -0.2) is 4.98 Å². The van der Waals surface area contributed by atoms with E-state index in [2.05, 4.69) is 168 Å². The number of aromatic nitrogens is 2. The quantitative estimate of drug-likeness (QED) is 0.193. The maximum Gasteiger partial charge on any atom is 0.0953 e. The zero-order valence-electron chi connectivity index (χ0n) is 28.3. The highest BCUT2D eigenvalue weighted by molar-refractivity contribution is 6.09.